The number of hydrogen-bond donors (Lipinski definition) is 0. The van der Waals surface area contributed by atoms with Crippen molar-refractivity contribution in [3.8, 4) is 0 Å². The van der Waals surface area contributed by atoms with Gasteiger partial charge < -0.3 is 0 Å². The van der Waals surface area contributed by atoms with E-state index in [4.69, 9.17) is 0 Å². The molecule has 0 radical (unpaired) electrons. The lowest BCUT2D eigenvalue weighted by Gasteiger charge is -2.49. The standard InChI is InChI=1S/C21H27NO2Si/c1-21(15-16-22(23)24)19-12-8-7-9-17(19)13-14-20(21)25(2,3)18-10-5-4-6-11-18/h4-12,20H,13-16H2,1-3H3/t20-,21+/m0/s1. The summed E-state index contributed by atoms with van der Waals surface area (Å²) in [5, 5.41) is 12.6. The first-order valence-corrected chi connectivity index (χ1v) is 12.2. The molecule has 0 N–H and O–H groups in total. The Morgan fingerprint density at radius 3 is 2.44 bits per heavy atom. The molecule has 0 spiro atoms. The number of nitro groups is 1. The Morgan fingerprint density at radius 1 is 1.12 bits per heavy atom. The Kier molecular flexibility index (Phi) is 4.83. The fourth-order valence-electron chi connectivity index (χ4n) is 4.96. The molecule has 0 bridgehead atoms. The van der Waals surface area contributed by atoms with Gasteiger partial charge in [-0.3, -0.25) is 10.1 Å². The van der Waals surface area contributed by atoms with Gasteiger partial charge in [-0.15, -0.1) is 0 Å². The van der Waals surface area contributed by atoms with Crippen molar-refractivity contribution >= 4 is 13.3 Å². The van der Waals surface area contributed by atoms with Crippen molar-refractivity contribution in [3.63, 3.8) is 0 Å². The van der Waals surface area contributed by atoms with Crippen LogP contribution in [0.1, 0.15) is 30.9 Å². The number of benzene rings is 2. The molecule has 0 heterocycles. The van der Waals surface area contributed by atoms with Crippen LogP contribution in [0.2, 0.25) is 18.6 Å². The van der Waals surface area contributed by atoms with Crippen LogP contribution in [0.3, 0.4) is 0 Å². The summed E-state index contributed by atoms with van der Waals surface area (Å²) in [6.07, 6.45) is 2.82. The summed E-state index contributed by atoms with van der Waals surface area (Å²) in [6, 6.07) is 19.4. The molecule has 2 aromatic carbocycles. The number of aryl methyl sites for hydroxylation is 1. The van der Waals surface area contributed by atoms with Gasteiger partial charge in [-0.1, -0.05) is 79.8 Å². The first-order chi connectivity index (χ1) is 11.9. The maximum Gasteiger partial charge on any atom is 0.204 e. The van der Waals surface area contributed by atoms with Crippen LogP contribution in [0.25, 0.3) is 0 Å². The van der Waals surface area contributed by atoms with Crippen molar-refractivity contribution in [1.82, 2.24) is 0 Å². The molecule has 1 aliphatic rings. The minimum atomic E-state index is -1.78. The highest BCUT2D eigenvalue weighted by Gasteiger charge is 2.49. The third kappa shape index (κ3) is 3.27. The van der Waals surface area contributed by atoms with Crippen molar-refractivity contribution in [2.75, 3.05) is 6.54 Å². The number of rotatable bonds is 5. The SMILES string of the molecule is C[C@@]1(CC[N+](=O)[O-])c2ccccc2CC[C@@H]1[Si](C)(C)c1ccccc1. The fraction of sp³-hybridized carbons (Fsp3) is 0.429. The zero-order valence-corrected chi connectivity index (χ0v) is 16.4. The highest BCUT2D eigenvalue weighted by molar-refractivity contribution is 6.91. The molecule has 0 aliphatic heterocycles. The highest BCUT2D eigenvalue weighted by atomic mass is 28.3. The van der Waals surface area contributed by atoms with E-state index in [9.17, 15) is 10.1 Å². The second kappa shape index (κ2) is 6.75. The molecule has 0 saturated carbocycles. The van der Waals surface area contributed by atoms with Crippen LogP contribution in [0.4, 0.5) is 0 Å². The Balaban J connectivity index is 2.07. The normalized spacial score (nSPS) is 23.1. The minimum Gasteiger partial charge on any atom is -0.265 e. The number of fused-ring (bicyclic) bond motifs is 1. The van der Waals surface area contributed by atoms with Crippen LogP contribution in [0.5, 0.6) is 0 Å². The lowest BCUT2D eigenvalue weighted by molar-refractivity contribution is -0.482. The zero-order valence-electron chi connectivity index (χ0n) is 15.4. The number of hydrogen-bond acceptors (Lipinski definition) is 2. The van der Waals surface area contributed by atoms with Crippen LogP contribution in [-0.2, 0) is 11.8 Å². The zero-order chi connectivity index (χ0) is 18.1. The van der Waals surface area contributed by atoms with Crippen LogP contribution >= 0.6 is 0 Å². The van der Waals surface area contributed by atoms with Crippen LogP contribution < -0.4 is 5.19 Å². The quantitative estimate of drug-likeness (QED) is 0.450. The average Bonchev–Trinajstić information content (AvgIpc) is 2.61. The van der Waals surface area contributed by atoms with E-state index < -0.39 is 8.07 Å². The highest BCUT2D eigenvalue weighted by Crippen LogP contribution is 2.51. The maximum atomic E-state index is 11.1. The molecule has 132 valence electrons. The van der Waals surface area contributed by atoms with E-state index in [1.54, 1.807) is 0 Å². The Labute approximate surface area is 151 Å². The summed E-state index contributed by atoms with van der Waals surface area (Å²) in [5.41, 5.74) is 3.08. The monoisotopic (exact) mass is 353 g/mol. The molecule has 4 heteroatoms. The predicted molar refractivity (Wildman–Crippen MR) is 106 cm³/mol. The van der Waals surface area contributed by atoms with Gasteiger partial charge in [0.15, 0.2) is 0 Å². The third-order valence-electron chi connectivity index (χ3n) is 6.31. The van der Waals surface area contributed by atoms with Crippen molar-refractivity contribution in [2.24, 2.45) is 0 Å². The average molecular weight is 354 g/mol. The molecule has 2 aromatic rings. The third-order valence-corrected chi connectivity index (χ3v) is 10.8. The van der Waals surface area contributed by atoms with Crippen molar-refractivity contribution in [3.05, 3.63) is 75.8 Å². The van der Waals surface area contributed by atoms with Gasteiger partial charge in [0.25, 0.3) is 0 Å². The predicted octanol–water partition coefficient (Wildman–Crippen LogP) is 4.54. The van der Waals surface area contributed by atoms with Crippen molar-refractivity contribution < 1.29 is 4.92 Å². The number of nitrogens with zero attached hydrogens (tertiary/aromatic N) is 1. The van der Waals surface area contributed by atoms with Gasteiger partial charge in [-0.05, 0) is 34.9 Å². The molecule has 3 nitrogen and oxygen atoms in total. The molecule has 25 heavy (non-hydrogen) atoms. The fourth-order valence-corrected chi connectivity index (χ4v) is 9.17. The molecule has 0 saturated heterocycles. The topological polar surface area (TPSA) is 43.1 Å². The van der Waals surface area contributed by atoms with Gasteiger partial charge in [0.05, 0.1) is 8.07 Å². The lowest BCUT2D eigenvalue weighted by atomic mass is 9.69. The van der Waals surface area contributed by atoms with E-state index in [-0.39, 0.29) is 16.9 Å². The molecular weight excluding hydrogens is 326 g/mol. The Bertz CT molecular complexity index is 760. The Morgan fingerprint density at radius 2 is 1.76 bits per heavy atom. The van der Waals surface area contributed by atoms with Crippen molar-refractivity contribution in [1.29, 1.82) is 0 Å². The van der Waals surface area contributed by atoms with E-state index in [0.717, 1.165) is 12.8 Å². The molecule has 2 atom stereocenters. The first kappa shape index (κ1) is 17.9. The summed E-state index contributed by atoms with van der Waals surface area (Å²) < 4.78 is 0. The summed E-state index contributed by atoms with van der Waals surface area (Å²) in [6.45, 7) is 7.19. The molecule has 0 unspecified atom stereocenters. The van der Waals surface area contributed by atoms with Crippen molar-refractivity contribution in [2.45, 2.75) is 50.2 Å². The summed E-state index contributed by atoms with van der Waals surface area (Å²) in [7, 11) is -1.78. The Hall–Kier alpha value is -1.94. The van der Waals surface area contributed by atoms with Crippen LogP contribution in [0.15, 0.2) is 54.6 Å². The van der Waals surface area contributed by atoms with E-state index in [2.05, 4.69) is 74.6 Å². The van der Waals surface area contributed by atoms with Gasteiger partial charge in [0, 0.05) is 11.3 Å². The van der Waals surface area contributed by atoms with Gasteiger partial charge in [-0.25, -0.2) is 0 Å². The second-order valence-corrected chi connectivity index (χ2v) is 12.8. The van der Waals surface area contributed by atoms with Crippen LogP contribution in [-0.4, -0.2) is 19.5 Å². The molecule has 0 amide bonds. The van der Waals surface area contributed by atoms with Gasteiger partial charge in [-0.2, -0.15) is 0 Å². The largest absolute Gasteiger partial charge is 0.265 e. The van der Waals surface area contributed by atoms with E-state index >= 15 is 0 Å². The van der Waals surface area contributed by atoms with Gasteiger partial charge in [0.2, 0.25) is 6.54 Å². The summed E-state index contributed by atoms with van der Waals surface area (Å²) in [4.78, 5) is 11.0. The molecule has 3 rings (SSSR count). The lowest BCUT2D eigenvalue weighted by Crippen LogP contribution is -2.54. The molecule has 0 aromatic heterocycles. The minimum absolute atomic E-state index is 0.0423. The second-order valence-electron chi connectivity index (χ2n) is 8.06. The van der Waals surface area contributed by atoms with Crippen LogP contribution in [0, 0.1) is 10.1 Å². The van der Waals surface area contributed by atoms with E-state index in [1.807, 2.05) is 0 Å². The van der Waals surface area contributed by atoms with E-state index in [1.165, 1.54) is 16.3 Å². The van der Waals surface area contributed by atoms with Gasteiger partial charge >= 0.3 is 0 Å². The molecule has 1 aliphatic carbocycles. The van der Waals surface area contributed by atoms with E-state index in [0.29, 0.717) is 12.0 Å². The molecule has 0 fully saturated rings. The maximum absolute atomic E-state index is 11.1. The molecular formula is C21H27NO2Si. The summed E-state index contributed by atoms with van der Waals surface area (Å²) in [5.74, 6) is 0. The van der Waals surface area contributed by atoms with Gasteiger partial charge in [0.1, 0.15) is 0 Å². The summed E-state index contributed by atoms with van der Waals surface area (Å²) >= 11 is 0. The smallest absolute Gasteiger partial charge is 0.204 e. The first-order valence-electron chi connectivity index (χ1n) is 9.11.